The largest absolute Gasteiger partial charge is 0.477 e. The maximum Gasteiger partial charge on any atom is 0.352 e. The quantitative estimate of drug-likeness (QED) is 0.815. The van der Waals surface area contributed by atoms with Crippen LogP contribution in [0.1, 0.15) is 29.4 Å². The van der Waals surface area contributed by atoms with Gasteiger partial charge < -0.3 is 19.7 Å². The monoisotopic (exact) mass is 238 g/mol. The van der Waals surface area contributed by atoms with E-state index in [-0.39, 0.29) is 12.6 Å². The summed E-state index contributed by atoms with van der Waals surface area (Å²) in [4.78, 5) is 13.2. The van der Waals surface area contributed by atoms with E-state index in [2.05, 4.69) is 4.90 Å². The molecular weight excluding hydrogens is 220 g/mol. The van der Waals surface area contributed by atoms with Gasteiger partial charge in [-0.2, -0.15) is 0 Å². The lowest BCUT2D eigenvalue weighted by atomic mass is 10.0. The van der Waals surface area contributed by atoms with Gasteiger partial charge in [0.1, 0.15) is 5.69 Å². The topological polar surface area (TPSA) is 65.7 Å². The number of piperidine rings is 1. The van der Waals surface area contributed by atoms with Crippen LogP contribution in [-0.4, -0.2) is 51.9 Å². The average molecular weight is 238 g/mol. The standard InChI is InChI=1S/C12H18N2O3/c15-9-8-13-6-3-10(4-7-13)14-5-1-2-11(14)12(16)17/h1-2,5,10,15H,3-4,6-9H2,(H,16,17). The molecule has 1 aliphatic heterocycles. The number of carboxylic acid groups (broad SMARTS) is 1. The number of nitrogens with zero attached hydrogens (tertiary/aromatic N) is 2. The summed E-state index contributed by atoms with van der Waals surface area (Å²) in [7, 11) is 0. The number of aliphatic hydroxyl groups excluding tert-OH is 1. The first-order valence-corrected chi connectivity index (χ1v) is 5.95. The molecule has 17 heavy (non-hydrogen) atoms. The van der Waals surface area contributed by atoms with Crippen molar-refractivity contribution in [3.05, 3.63) is 24.0 Å². The zero-order chi connectivity index (χ0) is 12.3. The van der Waals surface area contributed by atoms with Crippen LogP contribution in [0.15, 0.2) is 18.3 Å². The van der Waals surface area contributed by atoms with E-state index in [9.17, 15) is 4.79 Å². The molecule has 0 saturated carbocycles. The molecule has 1 fully saturated rings. The van der Waals surface area contributed by atoms with Gasteiger partial charge in [0.15, 0.2) is 0 Å². The smallest absolute Gasteiger partial charge is 0.352 e. The van der Waals surface area contributed by atoms with Crippen LogP contribution in [-0.2, 0) is 0 Å². The molecule has 0 spiro atoms. The van der Waals surface area contributed by atoms with E-state index in [1.54, 1.807) is 12.1 Å². The summed E-state index contributed by atoms with van der Waals surface area (Å²) in [5.41, 5.74) is 0.366. The van der Waals surface area contributed by atoms with Gasteiger partial charge >= 0.3 is 5.97 Å². The van der Waals surface area contributed by atoms with E-state index in [1.165, 1.54) is 0 Å². The van der Waals surface area contributed by atoms with E-state index in [0.717, 1.165) is 25.9 Å². The summed E-state index contributed by atoms with van der Waals surface area (Å²) in [6, 6.07) is 3.69. The molecule has 2 heterocycles. The SMILES string of the molecule is O=C(O)c1cccn1C1CCN(CCO)CC1. The van der Waals surface area contributed by atoms with Crippen molar-refractivity contribution in [1.29, 1.82) is 0 Å². The third kappa shape index (κ3) is 2.68. The molecule has 2 rings (SSSR count). The van der Waals surface area contributed by atoms with Crippen molar-refractivity contribution in [1.82, 2.24) is 9.47 Å². The number of hydrogen-bond donors (Lipinski definition) is 2. The Morgan fingerprint density at radius 2 is 2.12 bits per heavy atom. The lowest BCUT2D eigenvalue weighted by Gasteiger charge is -2.32. The van der Waals surface area contributed by atoms with Crippen molar-refractivity contribution in [3.8, 4) is 0 Å². The lowest BCUT2D eigenvalue weighted by Crippen LogP contribution is -2.36. The van der Waals surface area contributed by atoms with Gasteiger partial charge in [0.05, 0.1) is 6.61 Å². The third-order valence-corrected chi connectivity index (χ3v) is 3.36. The first-order chi connectivity index (χ1) is 8.22. The van der Waals surface area contributed by atoms with Gasteiger partial charge in [-0.3, -0.25) is 0 Å². The number of likely N-dealkylation sites (tertiary alicyclic amines) is 1. The van der Waals surface area contributed by atoms with Gasteiger partial charge in [0.2, 0.25) is 0 Å². The molecule has 1 saturated heterocycles. The van der Waals surface area contributed by atoms with Crippen LogP contribution >= 0.6 is 0 Å². The molecule has 2 N–H and O–H groups in total. The summed E-state index contributed by atoms with van der Waals surface area (Å²) in [6.07, 6.45) is 3.72. The maximum absolute atomic E-state index is 11.0. The molecular formula is C12H18N2O3. The number of aromatic carboxylic acids is 1. The van der Waals surface area contributed by atoms with Gasteiger partial charge in [0, 0.05) is 31.9 Å². The molecule has 0 aromatic carbocycles. The Bertz CT molecular complexity index is 381. The Kier molecular flexibility index (Phi) is 3.81. The maximum atomic E-state index is 11.0. The predicted octanol–water partition coefficient (Wildman–Crippen LogP) is 0.816. The van der Waals surface area contributed by atoms with Crippen molar-refractivity contribution in [2.24, 2.45) is 0 Å². The van der Waals surface area contributed by atoms with E-state index in [4.69, 9.17) is 10.2 Å². The molecule has 94 valence electrons. The molecule has 0 radical (unpaired) electrons. The van der Waals surface area contributed by atoms with E-state index in [0.29, 0.717) is 12.2 Å². The Labute approximate surface area is 100 Å². The van der Waals surface area contributed by atoms with Crippen LogP contribution in [0.5, 0.6) is 0 Å². The second-order valence-electron chi connectivity index (χ2n) is 4.40. The summed E-state index contributed by atoms with van der Waals surface area (Å²) < 4.78 is 1.86. The van der Waals surface area contributed by atoms with Gasteiger partial charge in [-0.05, 0) is 25.0 Å². The van der Waals surface area contributed by atoms with Gasteiger partial charge in [-0.25, -0.2) is 4.79 Å². The van der Waals surface area contributed by atoms with E-state index in [1.807, 2.05) is 10.8 Å². The second-order valence-corrected chi connectivity index (χ2v) is 4.40. The third-order valence-electron chi connectivity index (χ3n) is 3.36. The second kappa shape index (κ2) is 5.33. The minimum atomic E-state index is -0.868. The van der Waals surface area contributed by atoms with Crippen LogP contribution in [0.25, 0.3) is 0 Å². The van der Waals surface area contributed by atoms with Gasteiger partial charge in [-0.15, -0.1) is 0 Å². The average Bonchev–Trinajstić information content (AvgIpc) is 2.79. The fourth-order valence-electron chi connectivity index (χ4n) is 2.46. The summed E-state index contributed by atoms with van der Waals surface area (Å²) >= 11 is 0. The Hall–Kier alpha value is -1.33. The summed E-state index contributed by atoms with van der Waals surface area (Å²) in [5.74, 6) is -0.868. The van der Waals surface area contributed by atoms with Crippen molar-refractivity contribution in [3.63, 3.8) is 0 Å². The number of aliphatic hydroxyl groups is 1. The molecule has 0 unspecified atom stereocenters. The Morgan fingerprint density at radius 1 is 1.41 bits per heavy atom. The van der Waals surface area contributed by atoms with Gasteiger partial charge in [0.25, 0.3) is 0 Å². The fraction of sp³-hybridized carbons (Fsp3) is 0.583. The van der Waals surface area contributed by atoms with Crippen molar-refractivity contribution < 1.29 is 15.0 Å². The number of aromatic nitrogens is 1. The number of carbonyl (C=O) groups is 1. The summed E-state index contributed by atoms with van der Waals surface area (Å²) in [5, 5.41) is 17.9. The molecule has 5 nitrogen and oxygen atoms in total. The van der Waals surface area contributed by atoms with Crippen LogP contribution in [0, 0.1) is 0 Å². The van der Waals surface area contributed by atoms with Crippen LogP contribution in [0.2, 0.25) is 0 Å². The zero-order valence-corrected chi connectivity index (χ0v) is 9.75. The molecule has 0 aliphatic carbocycles. The molecule has 0 amide bonds. The Balaban J connectivity index is 2.00. The van der Waals surface area contributed by atoms with Crippen molar-refractivity contribution in [2.45, 2.75) is 18.9 Å². The predicted molar refractivity (Wildman–Crippen MR) is 63.2 cm³/mol. The van der Waals surface area contributed by atoms with E-state index >= 15 is 0 Å². The highest BCUT2D eigenvalue weighted by Crippen LogP contribution is 2.24. The van der Waals surface area contributed by atoms with Crippen LogP contribution in [0.3, 0.4) is 0 Å². The van der Waals surface area contributed by atoms with Gasteiger partial charge in [-0.1, -0.05) is 0 Å². The minimum absolute atomic E-state index is 0.189. The molecule has 1 aliphatic rings. The first-order valence-electron chi connectivity index (χ1n) is 5.95. The number of β-amino-alcohol motifs (C(OH)–C–C–N with tert-alkyl or cyclic N) is 1. The summed E-state index contributed by atoms with van der Waals surface area (Å²) in [6.45, 7) is 2.74. The van der Waals surface area contributed by atoms with Crippen molar-refractivity contribution >= 4 is 5.97 Å². The van der Waals surface area contributed by atoms with Crippen molar-refractivity contribution in [2.75, 3.05) is 26.2 Å². The highest BCUT2D eigenvalue weighted by atomic mass is 16.4. The molecule has 1 aromatic rings. The van der Waals surface area contributed by atoms with E-state index < -0.39 is 5.97 Å². The number of hydrogen-bond acceptors (Lipinski definition) is 3. The zero-order valence-electron chi connectivity index (χ0n) is 9.75. The lowest BCUT2D eigenvalue weighted by molar-refractivity contribution is 0.0677. The van der Waals surface area contributed by atoms with Crippen LogP contribution in [0.4, 0.5) is 0 Å². The first kappa shape index (κ1) is 12.1. The highest BCUT2D eigenvalue weighted by molar-refractivity contribution is 5.85. The normalized spacial score (nSPS) is 18.4. The minimum Gasteiger partial charge on any atom is -0.477 e. The molecule has 0 bridgehead atoms. The number of carboxylic acids is 1. The Morgan fingerprint density at radius 3 is 2.71 bits per heavy atom. The highest BCUT2D eigenvalue weighted by Gasteiger charge is 2.22. The number of rotatable bonds is 4. The molecule has 1 aromatic heterocycles. The molecule has 0 atom stereocenters. The fourth-order valence-corrected chi connectivity index (χ4v) is 2.46. The van der Waals surface area contributed by atoms with Crippen LogP contribution < -0.4 is 0 Å². The molecule has 5 heteroatoms.